The number of fused-ring (bicyclic) bond motifs is 4. The zero-order valence-corrected chi connectivity index (χ0v) is 42.5. The number of nitrogens with zero attached hydrogens (tertiary/aromatic N) is 12. The van der Waals surface area contributed by atoms with Crippen LogP contribution in [0.3, 0.4) is 0 Å². The summed E-state index contributed by atoms with van der Waals surface area (Å²) >= 11 is 0. The summed E-state index contributed by atoms with van der Waals surface area (Å²) in [5.41, 5.74) is 12.4. The molecule has 20 heteroatoms. The number of aromatic nitrogens is 8. The number of rotatable bonds is 10. The number of aryl methyl sites for hydroxylation is 2. The molecular formula is C54H64F4N12O4. The smallest absolute Gasteiger partial charge is 0.239 e. The minimum Gasteiger partial charge on any atom is -0.379 e. The van der Waals surface area contributed by atoms with Gasteiger partial charge in [-0.05, 0) is 84.0 Å². The second-order valence-electron chi connectivity index (χ2n) is 20.9. The average molecular weight is 1020 g/mol. The van der Waals surface area contributed by atoms with E-state index in [0.717, 1.165) is 105 Å². The van der Waals surface area contributed by atoms with Gasteiger partial charge in [0.15, 0.2) is 11.6 Å². The van der Waals surface area contributed by atoms with Gasteiger partial charge in [-0.25, -0.2) is 17.6 Å². The Morgan fingerprint density at radius 2 is 1.07 bits per heavy atom. The standard InChI is InChI=1S/2C27H32F2N6O2/c2*1-17(36)33-7-5-25-23(15-33)27(31-35(25)22-6-8-37-16-22)34-13-18(10-26(28)29)9-20-11-19(3-4-24(20)34)21-12-30-32(2)14-21/h2*3-4,11-12,14,18,22,26H,5-10,13,15-16H2,1-2H3/t18-,22+;18-,22-/m10/s1. The molecule has 0 radical (unpaired) electrons. The van der Waals surface area contributed by atoms with Crippen LogP contribution in [-0.2, 0) is 71.9 Å². The normalized spacial score (nSPS) is 21.4. The Bertz CT molecular complexity index is 2820. The first-order chi connectivity index (χ1) is 35.7. The fourth-order valence-corrected chi connectivity index (χ4v) is 12.1. The van der Waals surface area contributed by atoms with Crippen molar-refractivity contribution in [1.29, 1.82) is 0 Å². The van der Waals surface area contributed by atoms with Crippen molar-refractivity contribution < 1.29 is 36.6 Å². The molecule has 74 heavy (non-hydrogen) atoms. The third kappa shape index (κ3) is 9.94. The first-order valence-electron chi connectivity index (χ1n) is 26.0. The molecule has 6 aliphatic rings. The molecule has 4 aromatic heterocycles. The van der Waals surface area contributed by atoms with E-state index in [4.69, 9.17) is 19.7 Å². The maximum atomic E-state index is 13.6. The summed E-state index contributed by atoms with van der Waals surface area (Å²) in [4.78, 5) is 32.5. The summed E-state index contributed by atoms with van der Waals surface area (Å²) in [6.45, 7) is 9.01. The summed E-state index contributed by atoms with van der Waals surface area (Å²) < 4.78 is 73.4. The number of halogens is 4. The van der Waals surface area contributed by atoms with Crippen molar-refractivity contribution >= 4 is 34.8 Å². The molecule has 0 N–H and O–H groups in total. The topological polar surface area (TPSA) is 137 Å². The van der Waals surface area contributed by atoms with Crippen LogP contribution in [0.5, 0.6) is 0 Å². The van der Waals surface area contributed by atoms with E-state index in [-0.39, 0.29) is 48.6 Å². The minimum absolute atomic E-state index is 0.0317. The fourth-order valence-electron chi connectivity index (χ4n) is 12.1. The molecule has 2 fully saturated rings. The first-order valence-corrected chi connectivity index (χ1v) is 26.0. The summed E-state index contributed by atoms with van der Waals surface area (Å²) in [6.07, 6.45) is 6.88. The van der Waals surface area contributed by atoms with Gasteiger partial charge in [-0.2, -0.15) is 20.4 Å². The van der Waals surface area contributed by atoms with Crippen LogP contribution < -0.4 is 9.80 Å². The van der Waals surface area contributed by atoms with Gasteiger partial charge >= 0.3 is 0 Å². The van der Waals surface area contributed by atoms with Gasteiger partial charge in [0.2, 0.25) is 24.7 Å². The SMILES string of the molecule is CC(=O)N1CCc2c(c(N3C[C@@H](CC(F)F)Cc4cc(-c5cnn(C)c5)ccc43)nn2[C@H]2CCOC2)C1.CC(=O)N1CCc2c(c(N3C[C@H](CC(F)F)Cc4cc(-c5cnn(C)c5)ccc43)nn2[C@H]2CCOC2)C1. The van der Waals surface area contributed by atoms with Crippen molar-refractivity contribution in [3.05, 3.63) is 94.8 Å². The number of hydrogen-bond donors (Lipinski definition) is 0. The molecule has 6 aliphatic heterocycles. The quantitative estimate of drug-likeness (QED) is 0.124. The highest BCUT2D eigenvalue weighted by Gasteiger charge is 2.38. The molecule has 0 unspecified atom stereocenters. The van der Waals surface area contributed by atoms with Crippen LogP contribution in [0, 0.1) is 11.8 Å². The summed E-state index contributed by atoms with van der Waals surface area (Å²) in [6, 6.07) is 12.8. The average Bonchev–Trinajstić information content (AvgIpc) is 4.25. The Labute approximate surface area is 427 Å². The van der Waals surface area contributed by atoms with E-state index in [1.807, 2.05) is 48.7 Å². The van der Waals surface area contributed by atoms with Crippen LogP contribution in [0.25, 0.3) is 22.3 Å². The summed E-state index contributed by atoms with van der Waals surface area (Å²) in [5.74, 6) is 1.21. The van der Waals surface area contributed by atoms with Gasteiger partial charge in [0, 0.05) is 150 Å². The van der Waals surface area contributed by atoms with Gasteiger partial charge in [0.05, 0.1) is 50.8 Å². The Morgan fingerprint density at radius 1 is 0.635 bits per heavy atom. The largest absolute Gasteiger partial charge is 0.379 e. The fraction of sp³-hybridized carbons (Fsp3) is 0.519. The van der Waals surface area contributed by atoms with Crippen LogP contribution in [0.2, 0.25) is 0 Å². The van der Waals surface area contributed by atoms with Crippen molar-refractivity contribution in [3.63, 3.8) is 0 Å². The van der Waals surface area contributed by atoms with Crippen molar-refractivity contribution in [2.24, 2.45) is 25.9 Å². The summed E-state index contributed by atoms with van der Waals surface area (Å²) in [5, 5.41) is 18.8. The maximum Gasteiger partial charge on any atom is 0.239 e. The molecule has 0 bridgehead atoms. The van der Waals surface area contributed by atoms with E-state index >= 15 is 0 Å². The molecule has 0 aliphatic carbocycles. The minimum atomic E-state index is -2.37. The molecule has 0 saturated carbocycles. The number of benzene rings is 2. The molecule has 2 amide bonds. The Hall–Kier alpha value is -6.54. The Kier molecular flexibility index (Phi) is 13.9. The lowest BCUT2D eigenvalue weighted by atomic mass is 9.88. The lowest BCUT2D eigenvalue weighted by Gasteiger charge is -2.36. The number of ether oxygens (including phenoxy) is 2. The van der Waals surface area contributed by atoms with Crippen LogP contribution in [0.4, 0.5) is 40.6 Å². The number of hydrogen-bond acceptors (Lipinski definition) is 10. The predicted octanol–water partition coefficient (Wildman–Crippen LogP) is 8.23. The molecule has 10 heterocycles. The van der Waals surface area contributed by atoms with E-state index in [1.54, 1.807) is 23.2 Å². The van der Waals surface area contributed by atoms with Gasteiger partial charge in [-0.15, -0.1) is 0 Å². The molecule has 0 spiro atoms. The highest BCUT2D eigenvalue weighted by molar-refractivity contribution is 5.78. The number of carbonyl (C=O) groups is 2. The second-order valence-corrected chi connectivity index (χ2v) is 20.9. The van der Waals surface area contributed by atoms with Crippen molar-refractivity contribution in [3.8, 4) is 22.3 Å². The molecule has 2 aromatic carbocycles. The highest BCUT2D eigenvalue weighted by Crippen LogP contribution is 2.45. The van der Waals surface area contributed by atoms with Gasteiger partial charge in [-0.3, -0.25) is 28.3 Å². The molecular weight excluding hydrogens is 957 g/mol. The molecule has 6 aromatic rings. The number of alkyl halides is 4. The van der Waals surface area contributed by atoms with E-state index in [2.05, 4.69) is 65.8 Å². The molecule has 12 rings (SSSR count). The van der Waals surface area contributed by atoms with E-state index in [0.29, 0.717) is 78.5 Å². The highest BCUT2D eigenvalue weighted by atomic mass is 19.3. The van der Waals surface area contributed by atoms with E-state index < -0.39 is 12.9 Å². The van der Waals surface area contributed by atoms with Crippen LogP contribution >= 0.6 is 0 Å². The Balaban J connectivity index is 0.000000159. The van der Waals surface area contributed by atoms with E-state index in [9.17, 15) is 27.2 Å². The number of carbonyl (C=O) groups excluding carboxylic acids is 2. The van der Waals surface area contributed by atoms with Crippen molar-refractivity contribution in [1.82, 2.24) is 48.9 Å². The number of amides is 2. The lowest BCUT2D eigenvalue weighted by molar-refractivity contribution is -0.130. The second kappa shape index (κ2) is 20.6. The first kappa shape index (κ1) is 49.7. The van der Waals surface area contributed by atoms with Gasteiger partial charge in [0.25, 0.3) is 0 Å². The molecule has 4 atom stereocenters. The van der Waals surface area contributed by atoms with Crippen LogP contribution in [-0.4, -0.2) is 126 Å². The van der Waals surface area contributed by atoms with Gasteiger partial charge in [-0.1, -0.05) is 12.1 Å². The predicted molar refractivity (Wildman–Crippen MR) is 270 cm³/mol. The molecule has 16 nitrogen and oxygen atoms in total. The van der Waals surface area contributed by atoms with Crippen molar-refractivity contribution in [2.75, 3.05) is 62.4 Å². The van der Waals surface area contributed by atoms with E-state index in [1.165, 1.54) is 0 Å². The van der Waals surface area contributed by atoms with Crippen LogP contribution in [0.1, 0.15) is 85.3 Å². The Morgan fingerprint density at radius 3 is 1.42 bits per heavy atom. The van der Waals surface area contributed by atoms with Gasteiger partial charge in [0.1, 0.15) is 0 Å². The van der Waals surface area contributed by atoms with Crippen molar-refractivity contribution in [2.45, 2.75) is 103 Å². The zero-order chi connectivity index (χ0) is 51.4. The lowest BCUT2D eigenvalue weighted by Crippen LogP contribution is -2.37. The molecule has 2 saturated heterocycles. The van der Waals surface area contributed by atoms with Crippen LogP contribution in [0.15, 0.2) is 61.2 Å². The number of anilines is 4. The monoisotopic (exact) mass is 1020 g/mol. The molecule has 392 valence electrons. The zero-order valence-electron chi connectivity index (χ0n) is 42.5. The maximum absolute atomic E-state index is 13.6. The third-order valence-corrected chi connectivity index (χ3v) is 15.8. The van der Waals surface area contributed by atoms with Gasteiger partial charge < -0.3 is 29.1 Å². The summed E-state index contributed by atoms with van der Waals surface area (Å²) in [7, 11) is 3.75. The third-order valence-electron chi connectivity index (χ3n) is 15.8.